The van der Waals surface area contributed by atoms with Crippen molar-refractivity contribution in [2.45, 2.75) is 18.8 Å². The van der Waals surface area contributed by atoms with Gasteiger partial charge in [-0.25, -0.2) is 4.79 Å². The number of hydrogen-bond donors (Lipinski definition) is 2. The van der Waals surface area contributed by atoms with Gasteiger partial charge in [0.05, 0.1) is 11.3 Å². The van der Waals surface area contributed by atoms with E-state index in [4.69, 9.17) is 5.11 Å². The number of nitrogens with one attached hydrogen (secondary N) is 1. The maximum atomic E-state index is 11.1. The summed E-state index contributed by atoms with van der Waals surface area (Å²) < 4.78 is 0. The highest BCUT2D eigenvalue weighted by atomic mass is 16.4. The lowest BCUT2D eigenvalue weighted by molar-refractivity contribution is 0.0698. The van der Waals surface area contributed by atoms with Gasteiger partial charge in [-0.1, -0.05) is 24.3 Å². The maximum absolute atomic E-state index is 11.1. The normalized spacial score (nSPS) is 18.7. The fourth-order valence-corrected chi connectivity index (χ4v) is 2.23. The average Bonchev–Trinajstić information content (AvgIpc) is 2.81. The first-order valence-corrected chi connectivity index (χ1v) is 5.44. The third kappa shape index (κ3) is 1.81. The standard InChI is InChI=1S/C13H15NO2/c1-14-12-10(9-5-2-3-6-9)7-4-8-11(12)13(15)16/h2,4-5,7-9,14H,3,6H2,1H3,(H,15,16). The number of benzene rings is 1. The summed E-state index contributed by atoms with van der Waals surface area (Å²) in [6.45, 7) is 0. The fraction of sp³-hybridized carbons (Fsp3) is 0.308. The second-order valence-corrected chi connectivity index (χ2v) is 3.94. The average molecular weight is 217 g/mol. The van der Waals surface area contributed by atoms with E-state index in [0.29, 0.717) is 11.5 Å². The molecule has 0 heterocycles. The highest BCUT2D eigenvalue weighted by molar-refractivity contribution is 5.95. The number of hydrogen-bond acceptors (Lipinski definition) is 2. The summed E-state index contributed by atoms with van der Waals surface area (Å²) in [4.78, 5) is 11.1. The van der Waals surface area contributed by atoms with Crippen LogP contribution in [-0.4, -0.2) is 18.1 Å². The fourth-order valence-electron chi connectivity index (χ4n) is 2.23. The molecule has 0 radical (unpaired) electrons. The zero-order valence-corrected chi connectivity index (χ0v) is 9.23. The molecule has 1 aromatic rings. The molecule has 84 valence electrons. The van der Waals surface area contributed by atoms with E-state index in [1.54, 1.807) is 13.1 Å². The number of para-hydroxylation sites is 1. The zero-order chi connectivity index (χ0) is 11.5. The number of aromatic carboxylic acids is 1. The molecule has 1 aliphatic carbocycles. The molecule has 1 unspecified atom stereocenters. The third-order valence-corrected chi connectivity index (χ3v) is 2.99. The summed E-state index contributed by atoms with van der Waals surface area (Å²) in [6.07, 6.45) is 6.45. The summed E-state index contributed by atoms with van der Waals surface area (Å²) in [6, 6.07) is 5.45. The van der Waals surface area contributed by atoms with Gasteiger partial charge in [0, 0.05) is 13.0 Å². The topological polar surface area (TPSA) is 49.3 Å². The largest absolute Gasteiger partial charge is 0.478 e. The van der Waals surface area contributed by atoms with Gasteiger partial charge in [-0.2, -0.15) is 0 Å². The highest BCUT2D eigenvalue weighted by Gasteiger charge is 2.19. The van der Waals surface area contributed by atoms with Crippen molar-refractivity contribution in [1.82, 2.24) is 0 Å². The molecular formula is C13H15NO2. The molecule has 0 saturated carbocycles. The van der Waals surface area contributed by atoms with E-state index in [9.17, 15) is 4.79 Å². The molecule has 0 aromatic heterocycles. The van der Waals surface area contributed by atoms with Crippen LogP contribution < -0.4 is 5.32 Å². The number of carboxylic acid groups (broad SMARTS) is 1. The summed E-state index contributed by atoms with van der Waals surface area (Å²) in [7, 11) is 1.77. The van der Waals surface area contributed by atoms with Crippen molar-refractivity contribution in [3.8, 4) is 0 Å². The maximum Gasteiger partial charge on any atom is 0.337 e. The van der Waals surface area contributed by atoms with Crippen molar-refractivity contribution in [1.29, 1.82) is 0 Å². The molecule has 2 N–H and O–H groups in total. The molecule has 0 aliphatic heterocycles. The molecule has 1 aromatic carbocycles. The Labute approximate surface area is 94.8 Å². The number of rotatable bonds is 3. The van der Waals surface area contributed by atoms with Gasteiger partial charge >= 0.3 is 5.97 Å². The minimum Gasteiger partial charge on any atom is -0.478 e. The molecule has 16 heavy (non-hydrogen) atoms. The Bertz CT molecular complexity index is 438. The molecule has 2 rings (SSSR count). The molecule has 1 atom stereocenters. The molecule has 3 nitrogen and oxygen atoms in total. The van der Waals surface area contributed by atoms with E-state index in [0.717, 1.165) is 24.1 Å². The van der Waals surface area contributed by atoms with Crippen LogP contribution in [0.3, 0.4) is 0 Å². The molecule has 0 amide bonds. The Hall–Kier alpha value is -1.77. The lowest BCUT2D eigenvalue weighted by atomic mass is 9.94. The number of allylic oxidation sites excluding steroid dienone is 2. The SMILES string of the molecule is CNc1c(C(=O)O)cccc1C1C=CCC1. The van der Waals surface area contributed by atoms with Crippen molar-refractivity contribution in [3.05, 3.63) is 41.5 Å². The van der Waals surface area contributed by atoms with Crippen LogP contribution in [0.25, 0.3) is 0 Å². The van der Waals surface area contributed by atoms with Gasteiger partial charge < -0.3 is 10.4 Å². The van der Waals surface area contributed by atoms with Gasteiger partial charge in [-0.05, 0) is 24.5 Å². The van der Waals surface area contributed by atoms with Crippen molar-refractivity contribution < 1.29 is 9.90 Å². The molecule has 1 aliphatic rings. The second-order valence-electron chi connectivity index (χ2n) is 3.94. The van der Waals surface area contributed by atoms with Crippen LogP contribution in [0.15, 0.2) is 30.4 Å². The van der Waals surface area contributed by atoms with Crippen molar-refractivity contribution in [2.24, 2.45) is 0 Å². The van der Waals surface area contributed by atoms with Crippen LogP contribution in [-0.2, 0) is 0 Å². The monoisotopic (exact) mass is 217 g/mol. The summed E-state index contributed by atoms with van der Waals surface area (Å²) in [5, 5.41) is 12.1. The summed E-state index contributed by atoms with van der Waals surface area (Å²) in [5.74, 6) is -0.532. The Morgan fingerprint density at radius 1 is 1.50 bits per heavy atom. The number of anilines is 1. The number of carboxylic acids is 1. The Kier molecular flexibility index (Phi) is 2.95. The van der Waals surface area contributed by atoms with E-state index in [1.165, 1.54) is 0 Å². The van der Waals surface area contributed by atoms with Gasteiger partial charge in [0.25, 0.3) is 0 Å². The highest BCUT2D eigenvalue weighted by Crippen LogP contribution is 2.34. The van der Waals surface area contributed by atoms with Crippen LogP contribution >= 0.6 is 0 Å². The Morgan fingerprint density at radius 3 is 2.88 bits per heavy atom. The van der Waals surface area contributed by atoms with Crippen molar-refractivity contribution in [3.63, 3.8) is 0 Å². The first kappa shape index (κ1) is 10.7. The minimum absolute atomic E-state index is 0.347. The summed E-state index contributed by atoms with van der Waals surface area (Å²) in [5.41, 5.74) is 2.17. The van der Waals surface area contributed by atoms with E-state index in [1.807, 2.05) is 12.1 Å². The molecule has 3 heteroatoms. The predicted molar refractivity (Wildman–Crippen MR) is 64.1 cm³/mol. The quantitative estimate of drug-likeness (QED) is 0.765. The van der Waals surface area contributed by atoms with E-state index in [2.05, 4.69) is 17.5 Å². The van der Waals surface area contributed by atoms with Crippen LogP contribution in [0.2, 0.25) is 0 Å². The molecular weight excluding hydrogens is 202 g/mol. The Balaban J connectivity index is 2.48. The first-order valence-electron chi connectivity index (χ1n) is 5.44. The lowest BCUT2D eigenvalue weighted by Gasteiger charge is -2.16. The van der Waals surface area contributed by atoms with Gasteiger partial charge in [-0.3, -0.25) is 0 Å². The zero-order valence-electron chi connectivity index (χ0n) is 9.23. The van der Waals surface area contributed by atoms with Crippen molar-refractivity contribution >= 4 is 11.7 Å². The molecule has 0 fully saturated rings. The predicted octanol–water partition coefficient (Wildman–Crippen LogP) is 2.86. The first-order chi connectivity index (χ1) is 7.74. The van der Waals surface area contributed by atoms with Crippen LogP contribution in [0, 0.1) is 0 Å². The lowest BCUT2D eigenvalue weighted by Crippen LogP contribution is -2.07. The number of carbonyl (C=O) groups is 1. The summed E-state index contributed by atoms with van der Waals surface area (Å²) >= 11 is 0. The Morgan fingerprint density at radius 2 is 2.31 bits per heavy atom. The van der Waals surface area contributed by atoms with E-state index in [-0.39, 0.29) is 0 Å². The molecule has 0 bridgehead atoms. The van der Waals surface area contributed by atoms with Gasteiger partial charge in [-0.15, -0.1) is 0 Å². The minimum atomic E-state index is -0.881. The van der Waals surface area contributed by atoms with Gasteiger partial charge in [0.2, 0.25) is 0 Å². The molecule has 0 saturated heterocycles. The smallest absolute Gasteiger partial charge is 0.337 e. The van der Waals surface area contributed by atoms with Crippen LogP contribution in [0.1, 0.15) is 34.7 Å². The van der Waals surface area contributed by atoms with E-state index >= 15 is 0 Å². The van der Waals surface area contributed by atoms with Gasteiger partial charge in [0.1, 0.15) is 0 Å². The van der Waals surface area contributed by atoms with Gasteiger partial charge in [0.15, 0.2) is 0 Å². The third-order valence-electron chi connectivity index (χ3n) is 2.99. The van der Waals surface area contributed by atoms with E-state index < -0.39 is 5.97 Å². The van der Waals surface area contributed by atoms with Crippen molar-refractivity contribution in [2.75, 3.05) is 12.4 Å². The van der Waals surface area contributed by atoms with Crippen LogP contribution in [0.5, 0.6) is 0 Å². The second kappa shape index (κ2) is 4.39. The van der Waals surface area contributed by atoms with Crippen LogP contribution in [0.4, 0.5) is 5.69 Å². The molecule has 0 spiro atoms.